The van der Waals surface area contributed by atoms with E-state index in [9.17, 15) is 18.0 Å². The third-order valence-corrected chi connectivity index (χ3v) is 6.86. The monoisotopic (exact) mass is 496 g/mol. The number of thiocarbonyl (C=S) groups is 1. The molecule has 0 spiro atoms. The summed E-state index contributed by atoms with van der Waals surface area (Å²) in [7, 11) is 0. The van der Waals surface area contributed by atoms with Crippen LogP contribution >= 0.6 is 24.0 Å². The molecule has 2 saturated heterocycles. The van der Waals surface area contributed by atoms with E-state index in [2.05, 4.69) is 4.90 Å². The van der Waals surface area contributed by atoms with E-state index < -0.39 is 11.7 Å². The van der Waals surface area contributed by atoms with E-state index in [0.717, 1.165) is 57.8 Å². The minimum atomic E-state index is -4.38. The van der Waals surface area contributed by atoms with E-state index in [4.69, 9.17) is 21.4 Å². The number of carbonyl (C=O) groups excluding carboxylic acids is 1. The first-order valence-corrected chi connectivity index (χ1v) is 11.9. The number of hydrogen-bond acceptors (Lipinski definition) is 6. The zero-order chi connectivity index (χ0) is 23.4. The van der Waals surface area contributed by atoms with Gasteiger partial charge >= 0.3 is 6.18 Å². The number of hydrogen-bond donors (Lipinski definition) is 0. The minimum absolute atomic E-state index is 0.149. The number of unbranched alkanes of at least 4 members (excludes halogenated alkanes) is 1. The molecule has 176 valence electrons. The normalized spacial score (nSPS) is 19.1. The molecule has 2 aromatic rings. The Labute approximate surface area is 199 Å². The number of thioether (sulfide) groups is 1. The molecule has 2 aliphatic heterocycles. The Morgan fingerprint density at radius 3 is 2.42 bits per heavy atom. The van der Waals surface area contributed by atoms with Gasteiger partial charge in [-0.25, -0.2) is 0 Å². The number of nitrogens with zero attached hydrogens (tertiary/aromatic N) is 2. The molecule has 33 heavy (non-hydrogen) atoms. The van der Waals surface area contributed by atoms with Crippen LogP contribution in [0.3, 0.4) is 0 Å². The summed E-state index contributed by atoms with van der Waals surface area (Å²) in [5, 5.41) is 0. The molecule has 0 aliphatic carbocycles. The Balaban J connectivity index is 1.34. The van der Waals surface area contributed by atoms with Gasteiger partial charge in [-0.2, -0.15) is 13.2 Å². The van der Waals surface area contributed by atoms with Crippen LogP contribution in [0.5, 0.6) is 0 Å². The van der Waals surface area contributed by atoms with Crippen molar-refractivity contribution >= 4 is 40.3 Å². The molecule has 0 radical (unpaired) electrons. The standard InChI is InChI=1S/C23H23F3N2O3S2/c24-23(25,26)17-5-3-16(4-6-17)19-8-7-18(31-19)15-20-21(29)28(22(32)33-20)10-2-1-9-27-11-13-30-14-12-27/h3-8,15H,1-2,9-14H2/b20-15-. The van der Waals surface area contributed by atoms with Crippen molar-refractivity contribution in [2.24, 2.45) is 0 Å². The van der Waals surface area contributed by atoms with E-state index in [1.807, 2.05) is 0 Å². The summed E-state index contributed by atoms with van der Waals surface area (Å²) in [5.74, 6) is 0.718. The van der Waals surface area contributed by atoms with Crippen LogP contribution in [0.25, 0.3) is 17.4 Å². The van der Waals surface area contributed by atoms with Crippen molar-refractivity contribution in [1.82, 2.24) is 9.80 Å². The average Bonchev–Trinajstić information content (AvgIpc) is 3.36. The number of benzene rings is 1. The molecule has 0 N–H and O–H groups in total. The van der Waals surface area contributed by atoms with Gasteiger partial charge in [-0.3, -0.25) is 14.6 Å². The largest absolute Gasteiger partial charge is 0.457 e. The number of furan rings is 1. The first kappa shape index (κ1) is 24.0. The maximum atomic E-state index is 12.8. The molecule has 5 nitrogen and oxygen atoms in total. The summed E-state index contributed by atoms with van der Waals surface area (Å²) in [6, 6.07) is 8.11. The van der Waals surface area contributed by atoms with Gasteiger partial charge in [0.15, 0.2) is 0 Å². The van der Waals surface area contributed by atoms with Crippen LogP contribution in [0.15, 0.2) is 45.7 Å². The third kappa shape index (κ3) is 6.06. The van der Waals surface area contributed by atoms with Gasteiger partial charge in [0.2, 0.25) is 0 Å². The van der Waals surface area contributed by atoms with Gasteiger partial charge in [0.05, 0.1) is 23.7 Å². The van der Waals surface area contributed by atoms with Crippen molar-refractivity contribution < 1.29 is 27.1 Å². The minimum Gasteiger partial charge on any atom is -0.457 e. The number of morpholine rings is 1. The summed E-state index contributed by atoms with van der Waals surface area (Å²) in [6.45, 7) is 4.98. The van der Waals surface area contributed by atoms with E-state index >= 15 is 0 Å². The van der Waals surface area contributed by atoms with Crippen LogP contribution in [-0.4, -0.2) is 59.4 Å². The van der Waals surface area contributed by atoms with E-state index in [0.29, 0.717) is 32.9 Å². The average molecular weight is 497 g/mol. The molecule has 0 saturated carbocycles. The Morgan fingerprint density at radius 2 is 1.73 bits per heavy atom. The molecule has 1 amide bonds. The molecule has 0 unspecified atom stereocenters. The smallest absolute Gasteiger partial charge is 0.416 e. The Hall–Kier alpha value is -2.14. The lowest BCUT2D eigenvalue weighted by Crippen LogP contribution is -2.37. The molecule has 1 aromatic heterocycles. The zero-order valence-electron chi connectivity index (χ0n) is 17.8. The first-order chi connectivity index (χ1) is 15.8. The molecule has 10 heteroatoms. The van der Waals surface area contributed by atoms with E-state index in [1.165, 1.54) is 23.9 Å². The number of rotatable bonds is 7. The van der Waals surface area contributed by atoms with Crippen LogP contribution < -0.4 is 0 Å². The topological polar surface area (TPSA) is 45.9 Å². The molecule has 2 aliphatic rings. The lowest BCUT2D eigenvalue weighted by atomic mass is 10.1. The maximum Gasteiger partial charge on any atom is 0.416 e. The molecular weight excluding hydrogens is 473 g/mol. The summed E-state index contributed by atoms with van der Waals surface area (Å²) < 4.78 is 49.9. The highest BCUT2D eigenvalue weighted by atomic mass is 32.2. The SMILES string of the molecule is O=C1/C(=C/c2ccc(-c3ccc(C(F)(F)F)cc3)o2)SC(=S)N1CCCCN1CCOCC1. The number of amides is 1. The van der Waals surface area contributed by atoms with Crippen molar-refractivity contribution in [3.63, 3.8) is 0 Å². The molecule has 2 fully saturated rings. The van der Waals surface area contributed by atoms with Crippen molar-refractivity contribution in [3.8, 4) is 11.3 Å². The van der Waals surface area contributed by atoms with Gasteiger partial charge in [0.25, 0.3) is 5.91 Å². The second-order valence-electron chi connectivity index (χ2n) is 7.77. The maximum absolute atomic E-state index is 12.8. The molecule has 1 aromatic carbocycles. The zero-order valence-corrected chi connectivity index (χ0v) is 19.4. The Bertz CT molecular complexity index is 1030. The number of carbonyl (C=O) groups is 1. The second-order valence-corrected chi connectivity index (χ2v) is 9.45. The Kier molecular flexibility index (Phi) is 7.58. The van der Waals surface area contributed by atoms with Gasteiger partial charge in [-0.1, -0.05) is 36.1 Å². The van der Waals surface area contributed by atoms with Crippen molar-refractivity contribution in [2.75, 3.05) is 39.4 Å². The summed E-state index contributed by atoms with van der Waals surface area (Å²) in [6.07, 6.45) is -0.925. The number of ether oxygens (including phenoxy) is 1. The van der Waals surface area contributed by atoms with Crippen LogP contribution in [0.1, 0.15) is 24.2 Å². The fourth-order valence-corrected chi connectivity index (χ4v) is 4.95. The van der Waals surface area contributed by atoms with Crippen LogP contribution in [-0.2, 0) is 15.7 Å². The van der Waals surface area contributed by atoms with Gasteiger partial charge in [0, 0.05) is 31.3 Å². The van der Waals surface area contributed by atoms with E-state index in [1.54, 1.807) is 23.1 Å². The van der Waals surface area contributed by atoms with Crippen molar-refractivity contribution in [1.29, 1.82) is 0 Å². The van der Waals surface area contributed by atoms with E-state index in [-0.39, 0.29) is 5.91 Å². The van der Waals surface area contributed by atoms with Crippen LogP contribution in [0.4, 0.5) is 13.2 Å². The lowest BCUT2D eigenvalue weighted by Gasteiger charge is -2.26. The molecular formula is C23H23F3N2O3S2. The first-order valence-electron chi connectivity index (χ1n) is 10.6. The highest BCUT2D eigenvalue weighted by Crippen LogP contribution is 2.35. The van der Waals surface area contributed by atoms with Crippen LogP contribution in [0.2, 0.25) is 0 Å². The second kappa shape index (κ2) is 10.4. The fourth-order valence-electron chi connectivity index (χ4n) is 3.66. The van der Waals surface area contributed by atoms with Gasteiger partial charge < -0.3 is 9.15 Å². The summed E-state index contributed by atoms with van der Waals surface area (Å²) in [4.78, 5) is 17.2. The lowest BCUT2D eigenvalue weighted by molar-refractivity contribution is -0.137. The highest BCUT2D eigenvalue weighted by molar-refractivity contribution is 8.26. The van der Waals surface area contributed by atoms with Gasteiger partial charge in [0.1, 0.15) is 15.8 Å². The third-order valence-electron chi connectivity index (χ3n) is 5.48. The molecule has 0 atom stereocenters. The molecule has 0 bridgehead atoms. The van der Waals surface area contributed by atoms with Crippen LogP contribution in [0, 0.1) is 0 Å². The van der Waals surface area contributed by atoms with Gasteiger partial charge in [-0.15, -0.1) is 0 Å². The molecule has 3 heterocycles. The predicted molar refractivity (Wildman–Crippen MR) is 126 cm³/mol. The van der Waals surface area contributed by atoms with Crippen molar-refractivity contribution in [2.45, 2.75) is 19.0 Å². The highest BCUT2D eigenvalue weighted by Gasteiger charge is 2.32. The van der Waals surface area contributed by atoms with Crippen molar-refractivity contribution in [3.05, 3.63) is 52.6 Å². The fraction of sp³-hybridized carbons (Fsp3) is 0.391. The summed E-state index contributed by atoms with van der Waals surface area (Å²) >= 11 is 6.62. The molecule has 4 rings (SSSR count). The Morgan fingerprint density at radius 1 is 1.03 bits per heavy atom. The number of alkyl halides is 3. The quantitative estimate of drug-likeness (QED) is 0.295. The summed E-state index contributed by atoms with van der Waals surface area (Å²) in [5.41, 5.74) is -0.192. The number of halogens is 3. The van der Waals surface area contributed by atoms with Gasteiger partial charge in [-0.05, 0) is 43.7 Å². The predicted octanol–water partition coefficient (Wildman–Crippen LogP) is 5.28.